The number of hydrogen-bond donors (Lipinski definition) is 1. The van der Waals surface area contributed by atoms with Gasteiger partial charge in [0.05, 0.1) is 15.6 Å². The van der Waals surface area contributed by atoms with Crippen molar-refractivity contribution < 1.29 is 4.92 Å². The van der Waals surface area contributed by atoms with Crippen molar-refractivity contribution in [2.24, 2.45) is 0 Å². The molecule has 2 rings (SSSR count). The molecule has 5 heteroatoms. The van der Waals surface area contributed by atoms with Crippen LogP contribution in [0.3, 0.4) is 0 Å². The molecule has 0 aliphatic rings. The van der Waals surface area contributed by atoms with Gasteiger partial charge in [-0.3, -0.25) is 10.1 Å². The highest BCUT2D eigenvalue weighted by atomic mass is 35.5. The van der Waals surface area contributed by atoms with Crippen LogP contribution in [0.2, 0.25) is 5.02 Å². The Hall–Kier alpha value is -2.07. The number of anilines is 1. The third-order valence-electron chi connectivity index (χ3n) is 3.34. The van der Waals surface area contributed by atoms with Gasteiger partial charge >= 0.3 is 0 Å². The Morgan fingerprint density at radius 1 is 1.24 bits per heavy atom. The largest absolute Gasteiger partial charge is 0.381 e. The van der Waals surface area contributed by atoms with Crippen LogP contribution in [0.5, 0.6) is 0 Å². The van der Waals surface area contributed by atoms with E-state index in [9.17, 15) is 10.1 Å². The summed E-state index contributed by atoms with van der Waals surface area (Å²) in [4.78, 5) is 10.3. The average Bonchev–Trinajstić information content (AvgIpc) is 2.49. The van der Waals surface area contributed by atoms with E-state index >= 15 is 0 Å². The predicted octanol–water partition coefficient (Wildman–Crippen LogP) is 4.68. The fourth-order valence-electron chi connectivity index (χ4n) is 2.15. The standard InChI is InChI=1S/C16H17ClN2O2/c1-2-13(10-12-6-4-3-5-7-12)18-16-9-8-14(19(20)21)11-15(16)17/h3-9,11,13,18H,2,10H2,1H3. The van der Waals surface area contributed by atoms with E-state index in [0.29, 0.717) is 5.02 Å². The van der Waals surface area contributed by atoms with Crippen molar-refractivity contribution >= 4 is 23.0 Å². The summed E-state index contributed by atoms with van der Waals surface area (Å²) in [5.41, 5.74) is 1.97. The molecule has 4 nitrogen and oxygen atoms in total. The summed E-state index contributed by atoms with van der Waals surface area (Å²) in [5.74, 6) is 0. The van der Waals surface area contributed by atoms with Gasteiger partial charge in [-0.15, -0.1) is 0 Å². The van der Waals surface area contributed by atoms with Crippen LogP contribution in [0.1, 0.15) is 18.9 Å². The lowest BCUT2D eigenvalue weighted by atomic mass is 10.0. The zero-order valence-electron chi connectivity index (χ0n) is 11.8. The Morgan fingerprint density at radius 3 is 2.52 bits per heavy atom. The Bertz CT molecular complexity index is 617. The highest BCUT2D eigenvalue weighted by Crippen LogP contribution is 2.27. The molecule has 2 aromatic rings. The van der Waals surface area contributed by atoms with E-state index in [-0.39, 0.29) is 11.7 Å². The van der Waals surface area contributed by atoms with Gasteiger partial charge in [-0.1, -0.05) is 48.9 Å². The van der Waals surface area contributed by atoms with E-state index in [4.69, 9.17) is 11.6 Å². The number of nitro benzene ring substituents is 1. The molecule has 0 aliphatic carbocycles. The Kier molecular flexibility index (Phi) is 5.17. The van der Waals surface area contributed by atoms with Gasteiger partial charge in [-0.2, -0.15) is 0 Å². The van der Waals surface area contributed by atoms with E-state index in [1.54, 1.807) is 6.07 Å². The molecule has 21 heavy (non-hydrogen) atoms. The lowest BCUT2D eigenvalue weighted by Crippen LogP contribution is -2.21. The number of nitro groups is 1. The lowest BCUT2D eigenvalue weighted by molar-refractivity contribution is -0.384. The minimum Gasteiger partial charge on any atom is -0.381 e. The van der Waals surface area contributed by atoms with Gasteiger partial charge in [-0.05, 0) is 24.5 Å². The topological polar surface area (TPSA) is 55.2 Å². The van der Waals surface area contributed by atoms with Crippen molar-refractivity contribution in [1.29, 1.82) is 0 Å². The van der Waals surface area contributed by atoms with Crippen LogP contribution < -0.4 is 5.32 Å². The minimum absolute atomic E-state index is 0.00154. The number of benzene rings is 2. The zero-order valence-corrected chi connectivity index (χ0v) is 12.5. The maximum atomic E-state index is 10.7. The van der Waals surface area contributed by atoms with Gasteiger partial charge < -0.3 is 5.32 Å². The lowest BCUT2D eigenvalue weighted by Gasteiger charge is -2.19. The monoisotopic (exact) mass is 304 g/mol. The summed E-state index contributed by atoms with van der Waals surface area (Å²) in [6.07, 6.45) is 1.81. The van der Waals surface area contributed by atoms with Crippen LogP contribution in [0, 0.1) is 10.1 Å². The maximum Gasteiger partial charge on any atom is 0.271 e. The van der Waals surface area contributed by atoms with Gasteiger partial charge in [-0.25, -0.2) is 0 Å². The Morgan fingerprint density at radius 2 is 1.95 bits per heavy atom. The number of hydrogen-bond acceptors (Lipinski definition) is 3. The first-order valence-corrected chi connectivity index (χ1v) is 7.22. The maximum absolute atomic E-state index is 10.7. The van der Waals surface area contributed by atoms with Crippen LogP contribution in [0.25, 0.3) is 0 Å². The molecule has 0 saturated heterocycles. The normalized spacial score (nSPS) is 11.9. The highest BCUT2D eigenvalue weighted by molar-refractivity contribution is 6.33. The number of rotatable bonds is 6. The summed E-state index contributed by atoms with van der Waals surface area (Å²) < 4.78 is 0. The second kappa shape index (κ2) is 7.09. The molecule has 1 N–H and O–H groups in total. The van der Waals surface area contributed by atoms with Gasteiger partial charge in [0.25, 0.3) is 5.69 Å². The van der Waals surface area contributed by atoms with Gasteiger partial charge in [0.1, 0.15) is 0 Å². The van der Waals surface area contributed by atoms with E-state index in [1.807, 2.05) is 18.2 Å². The van der Waals surface area contributed by atoms with E-state index < -0.39 is 4.92 Å². The van der Waals surface area contributed by atoms with Crippen molar-refractivity contribution in [2.45, 2.75) is 25.8 Å². The first kappa shape index (κ1) is 15.3. The molecule has 0 radical (unpaired) electrons. The molecular weight excluding hydrogens is 288 g/mol. The Balaban J connectivity index is 2.10. The molecule has 0 saturated carbocycles. The van der Waals surface area contributed by atoms with Crippen LogP contribution in [0.4, 0.5) is 11.4 Å². The summed E-state index contributed by atoms with van der Waals surface area (Å²) in [6, 6.07) is 14.9. The third-order valence-corrected chi connectivity index (χ3v) is 3.65. The molecule has 0 aliphatic heterocycles. The molecule has 0 heterocycles. The van der Waals surface area contributed by atoms with Crippen molar-refractivity contribution in [2.75, 3.05) is 5.32 Å². The van der Waals surface area contributed by atoms with Crippen molar-refractivity contribution in [3.8, 4) is 0 Å². The second-order valence-corrected chi connectivity index (χ2v) is 5.27. The molecular formula is C16H17ClN2O2. The molecule has 0 fully saturated rings. The molecule has 0 bridgehead atoms. The average molecular weight is 305 g/mol. The summed E-state index contributed by atoms with van der Waals surface area (Å²) >= 11 is 6.11. The number of nitrogens with zero attached hydrogens (tertiary/aromatic N) is 1. The van der Waals surface area contributed by atoms with Crippen molar-refractivity contribution in [1.82, 2.24) is 0 Å². The number of nitrogens with one attached hydrogen (secondary N) is 1. The van der Waals surface area contributed by atoms with Gasteiger partial charge in [0.15, 0.2) is 0 Å². The van der Waals surface area contributed by atoms with Crippen molar-refractivity contribution in [3.63, 3.8) is 0 Å². The first-order chi connectivity index (χ1) is 10.1. The molecule has 0 aromatic heterocycles. The molecule has 1 atom stereocenters. The van der Waals surface area contributed by atoms with Crippen LogP contribution in [-0.2, 0) is 6.42 Å². The van der Waals surface area contributed by atoms with Gasteiger partial charge in [0, 0.05) is 18.2 Å². The molecule has 2 aromatic carbocycles. The quantitative estimate of drug-likeness (QED) is 0.622. The second-order valence-electron chi connectivity index (χ2n) is 4.86. The summed E-state index contributed by atoms with van der Waals surface area (Å²) in [7, 11) is 0. The van der Waals surface area contributed by atoms with E-state index in [2.05, 4.69) is 24.4 Å². The van der Waals surface area contributed by atoms with E-state index in [0.717, 1.165) is 18.5 Å². The number of halogens is 1. The van der Waals surface area contributed by atoms with Crippen LogP contribution in [-0.4, -0.2) is 11.0 Å². The fourth-order valence-corrected chi connectivity index (χ4v) is 2.38. The van der Waals surface area contributed by atoms with Crippen LogP contribution in [0.15, 0.2) is 48.5 Å². The molecule has 110 valence electrons. The zero-order chi connectivity index (χ0) is 15.2. The molecule has 1 unspecified atom stereocenters. The molecule has 0 amide bonds. The SMILES string of the molecule is CCC(Cc1ccccc1)Nc1ccc([N+](=O)[O-])cc1Cl. The minimum atomic E-state index is -0.447. The van der Waals surface area contributed by atoms with E-state index in [1.165, 1.54) is 17.7 Å². The van der Waals surface area contributed by atoms with Crippen molar-refractivity contribution in [3.05, 3.63) is 69.2 Å². The Labute approximate surface area is 128 Å². The summed E-state index contributed by atoms with van der Waals surface area (Å²) in [6.45, 7) is 2.10. The molecule has 0 spiro atoms. The van der Waals surface area contributed by atoms with Gasteiger partial charge in [0.2, 0.25) is 0 Å². The third kappa shape index (κ3) is 4.20. The fraction of sp³-hybridized carbons (Fsp3) is 0.250. The predicted molar refractivity (Wildman–Crippen MR) is 86.0 cm³/mol. The van der Waals surface area contributed by atoms with Crippen LogP contribution >= 0.6 is 11.6 Å². The number of non-ortho nitro benzene ring substituents is 1. The first-order valence-electron chi connectivity index (χ1n) is 6.84. The summed E-state index contributed by atoms with van der Waals surface area (Å²) in [5, 5.41) is 14.4. The highest BCUT2D eigenvalue weighted by Gasteiger charge is 2.13. The smallest absolute Gasteiger partial charge is 0.271 e.